The Kier molecular flexibility index (Phi) is 5.11. The van der Waals surface area contributed by atoms with Crippen molar-refractivity contribution in [1.82, 2.24) is 4.98 Å². The molecule has 3 aromatic rings. The summed E-state index contributed by atoms with van der Waals surface area (Å²) in [7, 11) is 0. The molecule has 1 nitrogen and oxygen atoms in total. The molecule has 0 atom stereocenters. The summed E-state index contributed by atoms with van der Waals surface area (Å²) in [6, 6.07) is 17.3. The number of nitrogens with one attached hydrogen (secondary N) is 1. The molecule has 1 aromatic heterocycles. The van der Waals surface area contributed by atoms with Gasteiger partial charge in [0, 0.05) is 16.6 Å². The zero-order valence-electron chi connectivity index (χ0n) is 11.6. The van der Waals surface area contributed by atoms with Crippen molar-refractivity contribution in [3.05, 3.63) is 59.7 Å². The van der Waals surface area contributed by atoms with Crippen molar-refractivity contribution in [2.75, 3.05) is 5.34 Å². The highest BCUT2D eigenvalue weighted by Crippen LogP contribution is 2.24. The molecule has 0 bridgehead atoms. The molecule has 1 heterocycles. The lowest BCUT2D eigenvalue weighted by Crippen LogP contribution is -1.77. The molecule has 0 saturated heterocycles. The Balaban J connectivity index is 0.000000452. The second kappa shape index (κ2) is 6.83. The van der Waals surface area contributed by atoms with E-state index in [4.69, 9.17) is 23.2 Å². The molecule has 1 N–H and O–H groups in total. The maximum Gasteiger partial charge on any atom is 0.0967 e. The van der Waals surface area contributed by atoms with Crippen LogP contribution < -0.4 is 0 Å². The minimum absolute atomic E-state index is 0.194. The Hall–Kier alpha value is -1.44. The zero-order valence-corrected chi connectivity index (χ0v) is 13.1. The quantitative estimate of drug-likeness (QED) is 0.541. The number of aromatic amines is 1. The van der Waals surface area contributed by atoms with Gasteiger partial charge in [0.2, 0.25) is 0 Å². The van der Waals surface area contributed by atoms with E-state index >= 15 is 0 Å². The van der Waals surface area contributed by atoms with E-state index in [1.54, 1.807) is 0 Å². The molecule has 3 heteroatoms. The maximum absolute atomic E-state index is 4.76. The van der Waals surface area contributed by atoms with E-state index < -0.39 is 0 Å². The van der Waals surface area contributed by atoms with E-state index in [1.165, 1.54) is 33.3 Å². The van der Waals surface area contributed by atoms with Crippen LogP contribution in [-0.4, -0.2) is 10.3 Å². The number of benzene rings is 2. The molecule has 104 valence electrons. The van der Waals surface area contributed by atoms with Gasteiger partial charge in [0.1, 0.15) is 0 Å². The Morgan fingerprint density at radius 3 is 2.10 bits per heavy atom. The number of fused-ring (bicyclic) bond motifs is 1. The van der Waals surface area contributed by atoms with Gasteiger partial charge in [-0.1, -0.05) is 41.5 Å². The van der Waals surface area contributed by atoms with Gasteiger partial charge in [-0.05, 0) is 37.6 Å². The predicted octanol–water partition coefficient (Wildman–Crippen LogP) is 5.87. The van der Waals surface area contributed by atoms with Gasteiger partial charge in [0.15, 0.2) is 0 Å². The number of halogens is 2. The fraction of sp³-hybridized carbons (Fsp3) is 0.176. The van der Waals surface area contributed by atoms with E-state index in [-0.39, 0.29) is 5.34 Å². The molecule has 0 radical (unpaired) electrons. The smallest absolute Gasteiger partial charge is 0.0967 e. The number of aromatic nitrogens is 1. The van der Waals surface area contributed by atoms with Crippen LogP contribution in [0.1, 0.15) is 11.1 Å². The van der Waals surface area contributed by atoms with E-state index in [2.05, 4.69) is 67.4 Å². The number of hydrogen-bond donors (Lipinski definition) is 1. The Morgan fingerprint density at radius 2 is 1.45 bits per heavy atom. The molecule has 3 rings (SSSR count). The summed E-state index contributed by atoms with van der Waals surface area (Å²) in [6.45, 7) is 4.23. The minimum atomic E-state index is 0.194. The minimum Gasteiger partial charge on any atom is -0.355 e. The standard InChI is InChI=1S/C16H15N.CH2Cl2/c1-11-3-6-13(7-4-11)16-10-14-9-12(2)5-8-15(14)17-16;2-1-3/h3-10,17H,1-2H3;1H2. The van der Waals surface area contributed by atoms with Crippen LogP contribution in [0.3, 0.4) is 0 Å². The first-order valence-electron chi connectivity index (χ1n) is 6.42. The van der Waals surface area contributed by atoms with Gasteiger partial charge in [0.25, 0.3) is 0 Å². The highest BCUT2D eigenvalue weighted by atomic mass is 35.5. The summed E-state index contributed by atoms with van der Waals surface area (Å²) in [6.07, 6.45) is 0. The van der Waals surface area contributed by atoms with E-state index in [9.17, 15) is 0 Å². The summed E-state index contributed by atoms with van der Waals surface area (Å²) in [5.74, 6) is 0. The largest absolute Gasteiger partial charge is 0.355 e. The number of alkyl halides is 2. The van der Waals surface area contributed by atoms with Crippen molar-refractivity contribution < 1.29 is 0 Å². The van der Waals surface area contributed by atoms with Gasteiger partial charge >= 0.3 is 0 Å². The third-order valence-electron chi connectivity index (χ3n) is 3.14. The van der Waals surface area contributed by atoms with Crippen LogP contribution in [0.5, 0.6) is 0 Å². The fourth-order valence-electron chi connectivity index (χ4n) is 2.14. The third-order valence-corrected chi connectivity index (χ3v) is 3.14. The van der Waals surface area contributed by atoms with Crippen molar-refractivity contribution in [2.24, 2.45) is 0 Å². The lowest BCUT2D eigenvalue weighted by molar-refractivity contribution is 1.42. The zero-order chi connectivity index (χ0) is 14.5. The van der Waals surface area contributed by atoms with Gasteiger partial charge in [-0.2, -0.15) is 0 Å². The number of aryl methyl sites for hydroxylation is 2. The van der Waals surface area contributed by atoms with Crippen LogP contribution in [0, 0.1) is 13.8 Å². The van der Waals surface area contributed by atoms with Crippen LogP contribution in [-0.2, 0) is 0 Å². The molecular weight excluding hydrogens is 289 g/mol. The molecule has 0 aliphatic carbocycles. The molecule has 0 fully saturated rings. The molecule has 0 saturated carbocycles. The molecule has 0 unspecified atom stereocenters. The van der Waals surface area contributed by atoms with Gasteiger partial charge < -0.3 is 4.98 Å². The summed E-state index contributed by atoms with van der Waals surface area (Å²) >= 11 is 9.53. The van der Waals surface area contributed by atoms with Gasteiger partial charge in [-0.3, -0.25) is 0 Å². The van der Waals surface area contributed by atoms with Crippen LogP contribution in [0.15, 0.2) is 48.5 Å². The number of H-pyrrole nitrogens is 1. The van der Waals surface area contributed by atoms with Crippen LogP contribution in [0.4, 0.5) is 0 Å². The SMILES string of the molecule is Cc1ccc(-c2cc3cc(C)ccc3[nH]2)cc1.ClCCl. The highest BCUT2D eigenvalue weighted by molar-refractivity contribution is 6.40. The molecule has 0 amide bonds. The summed E-state index contributed by atoms with van der Waals surface area (Å²) in [4.78, 5) is 3.46. The fourth-order valence-corrected chi connectivity index (χ4v) is 2.14. The van der Waals surface area contributed by atoms with Crippen LogP contribution in [0.25, 0.3) is 22.2 Å². The number of hydrogen-bond acceptors (Lipinski definition) is 0. The Morgan fingerprint density at radius 1 is 0.850 bits per heavy atom. The second-order valence-electron chi connectivity index (χ2n) is 4.74. The van der Waals surface area contributed by atoms with Gasteiger partial charge in [-0.15, -0.1) is 23.2 Å². The summed E-state index contributed by atoms with van der Waals surface area (Å²) in [5.41, 5.74) is 6.22. The number of rotatable bonds is 1. The lowest BCUT2D eigenvalue weighted by atomic mass is 10.1. The van der Waals surface area contributed by atoms with Crippen molar-refractivity contribution in [2.45, 2.75) is 13.8 Å². The molecule has 0 spiro atoms. The molecular formula is C17H17Cl2N. The van der Waals surface area contributed by atoms with Crippen LogP contribution in [0.2, 0.25) is 0 Å². The van der Waals surface area contributed by atoms with Crippen molar-refractivity contribution >= 4 is 34.1 Å². The Labute approximate surface area is 129 Å². The summed E-state index contributed by atoms with van der Waals surface area (Å²) < 4.78 is 0. The van der Waals surface area contributed by atoms with E-state index in [0.29, 0.717) is 0 Å². The molecule has 20 heavy (non-hydrogen) atoms. The average molecular weight is 306 g/mol. The van der Waals surface area contributed by atoms with Gasteiger partial charge in [0.05, 0.1) is 5.34 Å². The second-order valence-corrected chi connectivity index (χ2v) is 5.55. The molecule has 0 aliphatic rings. The first-order valence-corrected chi connectivity index (χ1v) is 7.49. The van der Waals surface area contributed by atoms with Crippen molar-refractivity contribution in [3.63, 3.8) is 0 Å². The first-order chi connectivity index (χ1) is 9.63. The molecule has 2 aromatic carbocycles. The third kappa shape index (κ3) is 3.56. The molecule has 0 aliphatic heterocycles. The van der Waals surface area contributed by atoms with E-state index in [0.717, 1.165) is 0 Å². The topological polar surface area (TPSA) is 15.8 Å². The van der Waals surface area contributed by atoms with Crippen molar-refractivity contribution in [1.29, 1.82) is 0 Å². The van der Waals surface area contributed by atoms with Crippen molar-refractivity contribution in [3.8, 4) is 11.3 Å². The Bertz CT molecular complexity index is 684. The highest BCUT2D eigenvalue weighted by Gasteiger charge is 2.02. The van der Waals surface area contributed by atoms with E-state index in [1.807, 2.05) is 0 Å². The monoisotopic (exact) mass is 305 g/mol. The summed E-state index contributed by atoms with van der Waals surface area (Å²) in [5, 5.41) is 1.47. The average Bonchev–Trinajstić information content (AvgIpc) is 2.83. The first kappa shape index (κ1) is 15.0. The predicted molar refractivity (Wildman–Crippen MR) is 89.8 cm³/mol. The lowest BCUT2D eigenvalue weighted by Gasteiger charge is -1.97. The van der Waals surface area contributed by atoms with Gasteiger partial charge in [-0.25, -0.2) is 0 Å². The van der Waals surface area contributed by atoms with Crippen LogP contribution >= 0.6 is 23.2 Å². The normalized spacial score (nSPS) is 10.2. The maximum atomic E-state index is 4.76.